The summed E-state index contributed by atoms with van der Waals surface area (Å²) in [4.78, 5) is 0. The smallest absolute Gasteiger partial charge is 0.162 e. The van der Waals surface area contributed by atoms with Crippen LogP contribution in [-0.4, -0.2) is 22.0 Å². The van der Waals surface area contributed by atoms with Gasteiger partial charge in [0, 0.05) is 6.54 Å². The highest BCUT2D eigenvalue weighted by molar-refractivity contribution is 5.32. The number of hydrogen-bond acceptors (Lipinski definition) is 3. The van der Waals surface area contributed by atoms with Gasteiger partial charge in [-0.15, -0.1) is 0 Å². The van der Waals surface area contributed by atoms with E-state index in [9.17, 15) is 5.11 Å². The lowest BCUT2D eigenvalue weighted by Crippen LogP contribution is -2.46. The number of aromatic nitrogens is 2. The summed E-state index contributed by atoms with van der Waals surface area (Å²) < 4.78 is 7.46. The van der Waals surface area contributed by atoms with Crippen LogP contribution in [0.3, 0.4) is 0 Å². The lowest BCUT2D eigenvalue weighted by Gasteiger charge is -2.47. The van der Waals surface area contributed by atoms with Crippen molar-refractivity contribution in [1.82, 2.24) is 9.78 Å². The van der Waals surface area contributed by atoms with E-state index in [1.807, 2.05) is 4.68 Å². The molecule has 2 atom stereocenters. The minimum absolute atomic E-state index is 0.0570. The van der Waals surface area contributed by atoms with E-state index < -0.39 is 5.60 Å². The summed E-state index contributed by atoms with van der Waals surface area (Å²) in [6.07, 6.45) is 6.84. The zero-order chi connectivity index (χ0) is 15.7. The first-order chi connectivity index (χ1) is 9.84. The molecule has 0 saturated heterocycles. The second kappa shape index (κ2) is 5.99. The maximum Gasteiger partial charge on any atom is 0.162 e. The molecule has 4 heteroatoms. The van der Waals surface area contributed by atoms with Gasteiger partial charge in [0.15, 0.2) is 5.75 Å². The van der Waals surface area contributed by atoms with Gasteiger partial charge in [0.2, 0.25) is 0 Å². The standard InChI is InChI=1S/C17H30N2O2/c1-6-11-19-15(13(21-5)12-18-19)17(20)10-8-7-9-14(17)16(2,3)4/h12,14,20H,6-11H2,1-5H3. The largest absolute Gasteiger partial charge is 0.493 e. The first-order valence-corrected chi connectivity index (χ1v) is 8.17. The lowest BCUT2D eigenvalue weighted by atomic mass is 9.62. The Bertz CT molecular complexity index is 476. The minimum Gasteiger partial charge on any atom is -0.493 e. The van der Waals surface area contributed by atoms with Crippen molar-refractivity contribution in [3.05, 3.63) is 11.9 Å². The quantitative estimate of drug-likeness (QED) is 0.920. The van der Waals surface area contributed by atoms with Crippen LogP contribution in [0.25, 0.3) is 0 Å². The van der Waals surface area contributed by atoms with Crippen LogP contribution in [-0.2, 0) is 12.1 Å². The Labute approximate surface area is 128 Å². The van der Waals surface area contributed by atoms with Gasteiger partial charge < -0.3 is 9.84 Å². The molecule has 0 aromatic carbocycles. The Balaban J connectivity index is 2.52. The molecule has 1 fully saturated rings. The fourth-order valence-electron chi connectivity index (χ4n) is 3.92. The molecular weight excluding hydrogens is 264 g/mol. The molecule has 1 saturated carbocycles. The molecule has 0 bridgehead atoms. The van der Waals surface area contributed by atoms with E-state index >= 15 is 0 Å². The van der Waals surface area contributed by atoms with Gasteiger partial charge in [0.05, 0.1) is 13.3 Å². The van der Waals surface area contributed by atoms with Crippen molar-refractivity contribution in [2.45, 2.75) is 71.9 Å². The Morgan fingerprint density at radius 3 is 2.71 bits per heavy atom. The van der Waals surface area contributed by atoms with E-state index in [1.54, 1.807) is 13.3 Å². The number of nitrogens with zero attached hydrogens (tertiary/aromatic N) is 2. The van der Waals surface area contributed by atoms with Gasteiger partial charge in [-0.2, -0.15) is 5.10 Å². The molecule has 1 aliphatic carbocycles. The highest BCUT2D eigenvalue weighted by atomic mass is 16.5. The monoisotopic (exact) mass is 294 g/mol. The lowest BCUT2D eigenvalue weighted by molar-refractivity contribution is -0.103. The van der Waals surface area contributed by atoms with Crippen molar-refractivity contribution >= 4 is 0 Å². The zero-order valence-electron chi connectivity index (χ0n) is 14.1. The number of ether oxygens (including phenoxy) is 1. The van der Waals surface area contributed by atoms with Gasteiger partial charge in [-0.05, 0) is 30.6 Å². The van der Waals surface area contributed by atoms with Crippen LogP contribution in [0.4, 0.5) is 0 Å². The van der Waals surface area contributed by atoms with E-state index in [4.69, 9.17) is 4.74 Å². The molecule has 2 rings (SSSR count). The van der Waals surface area contributed by atoms with Crippen molar-refractivity contribution in [3.63, 3.8) is 0 Å². The normalized spacial score (nSPS) is 26.9. The van der Waals surface area contributed by atoms with Crippen LogP contribution in [0.2, 0.25) is 0 Å². The van der Waals surface area contributed by atoms with Gasteiger partial charge in [-0.3, -0.25) is 4.68 Å². The summed E-state index contributed by atoms with van der Waals surface area (Å²) in [7, 11) is 1.66. The first kappa shape index (κ1) is 16.3. The van der Waals surface area contributed by atoms with Crippen molar-refractivity contribution in [1.29, 1.82) is 0 Å². The molecule has 1 aliphatic rings. The molecule has 0 spiro atoms. The summed E-state index contributed by atoms with van der Waals surface area (Å²) in [5.74, 6) is 0.946. The molecule has 1 N–H and O–H groups in total. The summed E-state index contributed by atoms with van der Waals surface area (Å²) in [6.45, 7) is 9.62. The first-order valence-electron chi connectivity index (χ1n) is 8.17. The summed E-state index contributed by atoms with van der Waals surface area (Å²) in [6, 6.07) is 0. The van der Waals surface area contributed by atoms with Crippen molar-refractivity contribution in [2.75, 3.05) is 7.11 Å². The average molecular weight is 294 g/mol. The number of hydrogen-bond donors (Lipinski definition) is 1. The van der Waals surface area contributed by atoms with E-state index in [0.717, 1.165) is 43.7 Å². The van der Waals surface area contributed by atoms with Crippen LogP contribution in [0.5, 0.6) is 5.75 Å². The molecule has 0 radical (unpaired) electrons. The van der Waals surface area contributed by atoms with Gasteiger partial charge >= 0.3 is 0 Å². The van der Waals surface area contributed by atoms with Crippen LogP contribution >= 0.6 is 0 Å². The Kier molecular flexibility index (Phi) is 4.66. The molecule has 4 nitrogen and oxygen atoms in total. The fourth-order valence-corrected chi connectivity index (χ4v) is 3.92. The number of methoxy groups -OCH3 is 1. The molecule has 21 heavy (non-hydrogen) atoms. The molecule has 1 aromatic heterocycles. The highest BCUT2D eigenvalue weighted by Gasteiger charge is 2.49. The predicted molar refractivity (Wildman–Crippen MR) is 84.4 cm³/mol. The van der Waals surface area contributed by atoms with Crippen molar-refractivity contribution < 1.29 is 9.84 Å². The van der Waals surface area contributed by atoms with Crippen molar-refractivity contribution in [3.8, 4) is 5.75 Å². The second-order valence-corrected chi connectivity index (χ2v) is 7.37. The molecular formula is C17H30N2O2. The maximum atomic E-state index is 11.6. The predicted octanol–water partition coefficient (Wildman–Crippen LogP) is 3.73. The van der Waals surface area contributed by atoms with Gasteiger partial charge in [-0.1, -0.05) is 40.5 Å². The number of aliphatic hydroxyl groups is 1. The van der Waals surface area contributed by atoms with E-state index in [-0.39, 0.29) is 11.3 Å². The molecule has 1 heterocycles. The Hall–Kier alpha value is -1.03. The number of aryl methyl sites for hydroxylation is 1. The van der Waals surface area contributed by atoms with E-state index in [1.165, 1.54) is 6.42 Å². The van der Waals surface area contributed by atoms with E-state index in [0.29, 0.717) is 0 Å². The highest BCUT2D eigenvalue weighted by Crippen LogP contribution is 2.51. The molecule has 0 aliphatic heterocycles. The second-order valence-electron chi connectivity index (χ2n) is 7.37. The van der Waals surface area contributed by atoms with Gasteiger partial charge in [0.1, 0.15) is 11.3 Å². The summed E-state index contributed by atoms with van der Waals surface area (Å²) in [5, 5.41) is 16.1. The topological polar surface area (TPSA) is 47.3 Å². The van der Waals surface area contributed by atoms with Gasteiger partial charge in [-0.25, -0.2) is 0 Å². The third-order valence-corrected chi connectivity index (χ3v) is 4.79. The van der Waals surface area contributed by atoms with Crippen LogP contribution in [0, 0.1) is 11.3 Å². The maximum absolute atomic E-state index is 11.6. The van der Waals surface area contributed by atoms with Crippen LogP contribution in [0.1, 0.15) is 65.5 Å². The number of rotatable bonds is 4. The minimum atomic E-state index is -0.840. The summed E-state index contributed by atoms with van der Waals surface area (Å²) in [5.41, 5.74) is 0.0983. The van der Waals surface area contributed by atoms with Gasteiger partial charge in [0.25, 0.3) is 0 Å². The molecule has 2 unspecified atom stereocenters. The third kappa shape index (κ3) is 2.96. The van der Waals surface area contributed by atoms with Crippen LogP contribution < -0.4 is 4.74 Å². The van der Waals surface area contributed by atoms with Crippen LogP contribution in [0.15, 0.2) is 6.20 Å². The third-order valence-electron chi connectivity index (χ3n) is 4.79. The average Bonchev–Trinajstić information content (AvgIpc) is 2.82. The molecule has 120 valence electrons. The molecule has 1 aromatic rings. The SMILES string of the molecule is CCCn1ncc(OC)c1C1(O)CCCCC1C(C)(C)C. The Morgan fingerprint density at radius 1 is 1.43 bits per heavy atom. The summed E-state index contributed by atoms with van der Waals surface area (Å²) >= 11 is 0. The molecule has 0 amide bonds. The Morgan fingerprint density at radius 2 is 2.14 bits per heavy atom. The van der Waals surface area contributed by atoms with Crippen molar-refractivity contribution in [2.24, 2.45) is 11.3 Å². The van der Waals surface area contributed by atoms with E-state index in [2.05, 4.69) is 32.8 Å². The zero-order valence-corrected chi connectivity index (χ0v) is 14.1. The fraction of sp³-hybridized carbons (Fsp3) is 0.824.